The fourth-order valence-electron chi connectivity index (χ4n) is 1.000. The maximum absolute atomic E-state index is 9.76. The van der Waals surface area contributed by atoms with Crippen LogP contribution in [0.15, 0.2) is 30.3 Å². The summed E-state index contributed by atoms with van der Waals surface area (Å²) in [5.41, 5.74) is 1.01. The summed E-state index contributed by atoms with van der Waals surface area (Å²) < 4.78 is 4.54. The Labute approximate surface area is 154 Å². The molecule has 1 atom stereocenters. The van der Waals surface area contributed by atoms with Gasteiger partial charge in [0, 0.05) is 13.7 Å². The van der Waals surface area contributed by atoms with Gasteiger partial charge in [-0.3, -0.25) is 4.79 Å². The van der Waals surface area contributed by atoms with Crippen molar-refractivity contribution in [1.82, 2.24) is 5.32 Å². The maximum atomic E-state index is 9.76. The van der Waals surface area contributed by atoms with Gasteiger partial charge in [0.05, 0.1) is 6.10 Å². The smallest absolute Gasteiger partial charge is 0.293 e. The molecule has 6 nitrogen and oxygen atoms in total. The van der Waals surface area contributed by atoms with Gasteiger partial charge in [-0.05, 0) is 19.5 Å². The molecule has 150 valence electrons. The van der Waals surface area contributed by atoms with E-state index in [2.05, 4.69) is 23.9 Å². The molecule has 0 radical (unpaired) electrons. The second-order valence-electron chi connectivity index (χ2n) is 4.01. The predicted molar refractivity (Wildman–Crippen MR) is 105 cm³/mol. The van der Waals surface area contributed by atoms with Crippen LogP contribution in [0.3, 0.4) is 0 Å². The molecule has 0 heterocycles. The average Bonchev–Trinajstić information content (AvgIpc) is 2.67. The van der Waals surface area contributed by atoms with Gasteiger partial charge in [-0.25, -0.2) is 0 Å². The van der Waals surface area contributed by atoms with Crippen LogP contribution in [0.25, 0.3) is 0 Å². The van der Waals surface area contributed by atoms with E-state index in [0.29, 0.717) is 19.6 Å². The number of hydrogen-bond acceptors (Lipinski definition) is 6. The average molecular weight is 362 g/mol. The van der Waals surface area contributed by atoms with E-state index in [1.807, 2.05) is 58.0 Å². The monoisotopic (exact) mass is 361 g/mol. The highest BCUT2D eigenvalue weighted by Gasteiger charge is 1.87. The highest BCUT2D eigenvalue weighted by molar-refractivity contribution is 5.37. The zero-order valence-electron chi connectivity index (χ0n) is 17.0. The van der Waals surface area contributed by atoms with Crippen LogP contribution in [0.4, 0.5) is 0 Å². The molecule has 1 rings (SSSR count). The standard InChI is InChI=1S/C8H8O2.C4H11NO.C3H8.C2H6.CH4O.CH2O/c9-7-10-6-8-4-2-1-3-5-8;1-4(6)3-5-2;1-3-2;3*1-2/h1-5,7H,6H2;4-6H,3H2,1-2H3;3H2,1-2H3;1-2H3;2H,1H3;1H2. The molecule has 3 N–H and O–H groups in total. The van der Waals surface area contributed by atoms with Crippen LogP contribution in [0.2, 0.25) is 0 Å². The largest absolute Gasteiger partial charge is 0.463 e. The Bertz CT molecular complexity index is 295. The lowest BCUT2D eigenvalue weighted by molar-refractivity contribution is -0.129. The lowest BCUT2D eigenvalue weighted by atomic mass is 10.2. The van der Waals surface area contributed by atoms with Crippen molar-refractivity contribution in [1.29, 1.82) is 0 Å². The van der Waals surface area contributed by atoms with Crippen LogP contribution in [-0.2, 0) is 20.9 Å². The summed E-state index contributed by atoms with van der Waals surface area (Å²) >= 11 is 0. The van der Waals surface area contributed by atoms with Crippen LogP contribution in [0, 0.1) is 0 Å². The molecule has 0 amide bonds. The van der Waals surface area contributed by atoms with E-state index in [0.717, 1.165) is 12.7 Å². The van der Waals surface area contributed by atoms with Gasteiger partial charge < -0.3 is 25.1 Å². The number of rotatable bonds is 5. The molecule has 0 fully saturated rings. The zero-order chi connectivity index (χ0) is 20.9. The number of carbonyl (C=O) groups is 2. The van der Waals surface area contributed by atoms with Crippen LogP contribution >= 0.6 is 0 Å². The summed E-state index contributed by atoms with van der Waals surface area (Å²) in [6, 6.07) is 9.55. The third-order valence-corrected chi connectivity index (χ3v) is 1.66. The number of benzene rings is 1. The summed E-state index contributed by atoms with van der Waals surface area (Å²) in [4.78, 5) is 17.8. The van der Waals surface area contributed by atoms with Crippen molar-refractivity contribution in [3.63, 3.8) is 0 Å². The maximum Gasteiger partial charge on any atom is 0.293 e. The van der Waals surface area contributed by atoms with Gasteiger partial charge in [-0.1, -0.05) is 64.4 Å². The van der Waals surface area contributed by atoms with Gasteiger partial charge in [0.25, 0.3) is 6.47 Å². The third-order valence-electron chi connectivity index (χ3n) is 1.66. The Morgan fingerprint density at radius 3 is 1.80 bits per heavy atom. The SMILES string of the molecule is C=O.CC.CCC.CNCC(C)O.CO.O=COCc1ccccc1. The Morgan fingerprint density at radius 2 is 1.56 bits per heavy atom. The van der Waals surface area contributed by atoms with E-state index in [1.165, 1.54) is 6.42 Å². The Hall–Kier alpha value is -1.76. The Balaban J connectivity index is -0.0000000767. The van der Waals surface area contributed by atoms with E-state index in [4.69, 9.17) is 15.0 Å². The van der Waals surface area contributed by atoms with Crippen molar-refractivity contribution in [2.75, 3.05) is 20.7 Å². The summed E-state index contributed by atoms with van der Waals surface area (Å²) in [6.07, 6.45) is 1.04. The van der Waals surface area contributed by atoms with Crippen molar-refractivity contribution in [3.8, 4) is 0 Å². The van der Waals surface area contributed by atoms with Crippen molar-refractivity contribution in [2.24, 2.45) is 0 Å². The molecule has 0 saturated heterocycles. The quantitative estimate of drug-likeness (QED) is 0.698. The van der Waals surface area contributed by atoms with Gasteiger partial charge in [0.15, 0.2) is 0 Å². The highest BCUT2D eigenvalue weighted by Crippen LogP contribution is 1.98. The predicted octanol–water partition coefficient (Wildman–Crippen LogP) is 2.81. The number of likely N-dealkylation sites (N-methyl/N-ethyl adjacent to an activating group) is 1. The lowest BCUT2D eigenvalue weighted by Gasteiger charge is -1.97. The molecular formula is C19H39NO5. The van der Waals surface area contributed by atoms with Crippen molar-refractivity contribution in [3.05, 3.63) is 35.9 Å². The second-order valence-corrected chi connectivity index (χ2v) is 4.01. The van der Waals surface area contributed by atoms with E-state index in [-0.39, 0.29) is 6.10 Å². The molecule has 0 spiro atoms. The van der Waals surface area contributed by atoms with E-state index < -0.39 is 0 Å². The number of aliphatic hydroxyl groups excluding tert-OH is 2. The van der Waals surface area contributed by atoms with Gasteiger partial charge >= 0.3 is 0 Å². The minimum atomic E-state index is -0.213. The van der Waals surface area contributed by atoms with Gasteiger partial charge in [0.2, 0.25) is 0 Å². The number of aliphatic hydroxyl groups is 2. The number of ether oxygens (including phenoxy) is 1. The molecule has 1 unspecified atom stereocenters. The molecule has 0 aliphatic carbocycles. The molecule has 1 aromatic carbocycles. The third kappa shape index (κ3) is 52.0. The first kappa shape index (κ1) is 34.6. The summed E-state index contributed by atoms with van der Waals surface area (Å²) in [5.74, 6) is 0. The van der Waals surface area contributed by atoms with E-state index >= 15 is 0 Å². The normalized spacial score (nSPS) is 8.36. The van der Waals surface area contributed by atoms with Crippen LogP contribution in [0.1, 0.15) is 46.6 Å². The van der Waals surface area contributed by atoms with Gasteiger partial charge in [0.1, 0.15) is 13.4 Å². The summed E-state index contributed by atoms with van der Waals surface area (Å²) in [7, 11) is 2.81. The fraction of sp³-hybridized carbons (Fsp3) is 0.579. The molecule has 1 aromatic rings. The molecule has 0 aromatic heterocycles. The Kier molecular flexibility index (Phi) is 59.7. The first-order valence-electron chi connectivity index (χ1n) is 8.27. The van der Waals surface area contributed by atoms with Crippen molar-refractivity contribution >= 4 is 13.3 Å². The van der Waals surface area contributed by atoms with Gasteiger partial charge in [-0.15, -0.1) is 0 Å². The van der Waals surface area contributed by atoms with E-state index in [1.54, 1.807) is 6.92 Å². The van der Waals surface area contributed by atoms with Crippen molar-refractivity contribution < 1.29 is 24.5 Å². The van der Waals surface area contributed by atoms with Crippen LogP contribution in [0.5, 0.6) is 0 Å². The number of hydrogen-bond donors (Lipinski definition) is 3. The molecule has 0 aliphatic heterocycles. The number of carbonyl (C=O) groups excluding carboxylic acids is 2. The van der Waals surface area contributed by atoms with E-state index in [9.17, 15) is 4.79 Å². The fourth-order valence-corrected chi connectivity index (χ4v) is 1.000. The Morgan fingerprint density at radius 1 is 1.16 bits per heavy atom. The minimum absolute atomic E-state index is 0.213. The minimum Gasteiger partial charge on any atom is -0.463 e. The lowest BCUT2D eigenvalue weighted by Crippen LogP contribution is -2.19. The summed E-state index contributed by atoms with van der Waals surface area (Å²) in [5, 5.41) is 18.3. The first-order chi connectivity index (χ1) is 12.1. The molecule has 0 bridgehead atoms. The molecule has 6 heteroatoms. The molecule has 25 heavy (non-hydrogen) atoms. The summed E-state index contributed by atoms with van der Waals surface area (Å²) in [6.45, 7) is 13.5. The second kappa shape index (κ2) is 43.2. The molecule has 0 aliphatic rings. The highest BCUT2D eigenvalue weighted by atomic mass is 16.5. The topological polar surface area (TPSA) is 95.9 Å². The van der Waals surface area contributed by atoms with Crippen LogP contribution in [-0.4, -0.2) is 50.3 Å². The molecule has 0 saturated carbocycles. The first-order valence-corrected chi connectivity index (χ1v) is 8.27. The number of nitrogens with one attached hydrogen (secondary N) is 1. The van der Waals surface area contributed by atoms with Gasteiger partial charge in [-0.2, -0.15) is 0 Å². The van der Waals surface area contributed by atoms with Crippen LogP contribution < -0.4 is 5.32 Å². The van der Waals surface area contributed by atoms with Crippen molar-refractivity contribution in [2.45, 2.75) is 53.8 Å². The zero-order valence-corrected chi connectivity index (χ0v) is 17.0. The molecular weight excluding hydrogens is 322 g/mol.